The Labute approximate surface area is 104 Å². The molecule has 0 saturated heterocycles. The fourth-order valence-electron chi connectivity index (χ4n) is 1.49. The summed E-state index contributed by atoms with van der Waals surface area (Å²) in [5, 5.41) is 18.3. The van der Waals surface area contributed by atoms with Crippen LogP contribution in [0.2, 0.25) is 0 Å². The molecule has 0 spiro atoms. The molecule has 0 aliphatic rings. The van der Waals surface area contributed by atoms with Crippen molar-refractivity contribution < 1.29 is 15.0 Å². The summed E-state index contributed by atoms with van der Waals surface area (Å²) >= 11 is 0. The molecule has 0 heterocycles. The van der Waals surface area contributed by atoms with Crippen LogP contribution in [0.15, 0.2) is 59.6 Å². The Bertz CT molecular complexity index is 574. The maximum absolute atomic E-state index is 11.2. The number of rotatable bonds is 3. The summed E-state index contributed by atoms with van der Waals surface area (Å²) in [5.41, 5.74) is 0.994. The van der Waals surface area contributed by atoms with Crippen LogP contribution in [-0.2, 0) is 4.79 Å². The lowest BCUT2D eigenvalue weighted by molar-refractivity contribution is -0.129. The molecule has 2 N–H and O–H groups in total. The molecular weight excluding hydrogens is 230 g/mol. The summed E-state index contributed by atoms with van der Waals surface area (Å²) < 4.78 is 0. The normalized spacial score (nSPS) is 11.2. The summed E-state index contributed by atoms with van der Waals surface area (Å²) in [6.45, 7) is 0. The SMILES string of the molecule is O=C(O)C(=Nc1ccc(O)cc1)c1ccccc1. The average Bonchev–Trinajstić information content (AvgIpc) is 2.38. The van der Waals surface area contributed by atoms with Crippen molar-refractivity contribution in [1.29, 1.82) is 0 Å². The molecule has 0 aliphatic heterocycles. The van der Waals surface area contributed by atoms with E-state index in [0.717, 1.165) is 0 Å². The largest absolute Gasteiger partial charge is 0.508 e. The zero-order valence-corrected chi connectivity index (χ0v) is 9.45. The number of nitrogens with zero attached hydrogens (tertiary/aromatic N) is 1. The number of hydrogen-bond acceptors (Lipinski definition) is 3. The minimum absolute atomic E-state index is 0.0266. The van der Waals surface area contributed by atoms with E-state index < -0.39 is 5.97 Å². The summed E-state index contributed by atoms with van der Waals surface area (Å²) in [4.78, 5) is 15.3. The van der Waals surface area contributed by atoms with Crippen LogP contribution in [-0.4, -0.2) is 21.9 Å². The number of benzene rings is 2. The maximum Gasteiger partial charge on any atom is 0.355 e. The molecule has 0 aromatic heterocycles. The van der Waals surface area contributed by atoms with Crippen molar-refractivity contribution in [2.45, 2.75) is 0 Å². The minimum atomic E-state index is -1.09. The smallest absolute Gasteiger partial charge is 0.355 e. The summed E-state index contributed by atoms with van der Waals surface area (Å²) in [7, 11) is 0. The molecule has 2 rings (SSSR count). The van der Waals surface area contributed by atoms with Gasteiger partial charge in [-0.15, -0.1) is 0 Å². The Morgan fingerprint density at radius 1 is 0.944 bits per heavy atom. The third-order valence-corrected chi connectivity index (χ3v) is 2.34. The van der Waals surface area contributed by atoms with Gasteiger partial charge < -0.3 is 10.2 Å². The van der Waals surface area contributed by atoms with Crippen LogP contribution < -0.4 is 0 Å². The molecule has 0 bridgehead atoms. The van der Waals surface area contributed by atoms with Crippen LogP contribution in [0.25, 0.3) is 0 Å². The van der Waals surface area contributed by atoms with Gasteiger partial charge in [0, 0.05) is 5.56 Å². The van der Waals surface area contributed by atoms with E-state index >= 15 is 0 Å². The Morgan fingerprint density at radius 3 is 2.11 bits per heavy atom. The van der Waals surface area contributed by atoms with Crippen LogP contribution >= 0.6 is 0 Å². The second-order valence-corrected chi connectivity index (χ2v) is 3.65. The molecule has 0 atom stereocenters. The number of carboxylic acids is 1. The van der Waals surface area contributed by atoms with E-state index in [9.17, 15) is 4.79 Å². The molecule has 2 aromatic rings. The minimum Gasteiger partial charge on any atom is -0.508 e. The van der Waals surface area contributed by atoms with E-state index in [2.05, 4.69) is 4.99 Å². The number of hydrogen-bond donors (Lipinski definition) is 2. The van der Waals surface area contributed by atoms with Gasteiger partial charge in [0.15, 0.2) is 5.71 Å². The van der Waals surface area contributed by atoms with Gasteiger partial charge in [-0.2, -0.15) is 0 Å². The highest BCUT2D eigenvalue weighted by Gasteiger charge is 2.11. The van der Waals surface area contributed by atoms with Crippen molar-refractivity contribution >= 4 is 17.4 Å². The quantitative estimate of drug-likeness (QED) is 0.811. The number of aliphatic imine (C=N–C) groups is 1. The Balaban J connectivity index is 2.43. The first kappa shape index (κ1) is 11.9. The van der Waals surface area contributed by atoms with E-state index in [4.69, 9.17) is 10.2 Å². The topological polar surface area (TPSA) is 69.9 Å². The van der Waals surface area contributed by atoms with Crippen molar-refractivity contribution in [3.8, 4) is 5.75 Å². The van der Waals surface area contributed by atoms with Gasteiger partial charge in [0.25, 0.3) is 0 Å². The number of aromatic hydroxyl groups is 1. The lowest BCUT2D eigenvalue weighted by atomic mass is 10.1. The zero-order chi connectivity index (χ0) is 13.0. The van der Waals surface area contributed by atoms with Gasteiger partial charge in [0.1, 0.15) is 5.75 Å². The van der Waals surface area contributed by atoms with Crippen LogP contribution in [0, 0.1) is 0 Å². The summed E-state index contributed by atoms with van der Waals surface area (Å²) in [6.07, 6.45) is 0. The Morgan fingerprint density at radius 2 is 1.56 bits per heavy atom. The molecule has 2 aromatic carbocycles. The second kappa shape index (κ2) is 5.14. The molecule has 0 saturated carbocycles. The molecular formula is C14H11NO3. The molecule has 4 heteroatoms. The fourth-order valence-corrected chi connectivity index (χ4v) is 1.49. The van der Waals surface area contributed by atoms with E-state index in [0.29, 0.717) is 11.3 Å². The third kappa shape index (κ3) is 2.74. The monoisotopic (exact) mass is 241 g/mol. The van der Waals surface area contributed by atoms with Gasteiger partial charge in [0.05, 0.1) is 5.69 Å². The van der Waals surface area contributed by atoms with Crippen LogP contribution in [0.5, 0.6) is 5.75 Å². The van der Waals surface area contributed by atoms with Gasteiger partial charge >= 0.3 is 5.97 Å². The van der Waals surface area contributed by atoms with Gasteiger partial charge in [-0.05, 0) is 24.3 Å². The first-order chi connectivity index (χ1) is 8.66. The zero-order valence-electron chi connectivity index (χ0n) is 9.45. The van der Waals surface area contributed by atoms with E-state index in [-0.39, 0.29) is 11.5 Å². The fraction of sp³-hybridized carbons (Fsp3) is 0. The average molecular weight is 241 g/mol. The first-order valence-corrected chi connectivity index (χ1v) is 5.33. The molecule has 18 heavy (non-hydrogen) atoms. The van der Waals surface area contributed by atoms with E-state index in [1.807, 2.05) is 6.07 Å². The summed E-state index contributed by atoms with van der Waals surface area (Å²) in [5.74, 6) is -0.972. The summed E-state index contributed by atoms with van der Waals surface area (Å²) in [6, 6.07) is 14.7. The van der Waals surface area contributed by atoms with Gasteiger partial charge in [0.2, 0.25) is 0 Å². The Hall–Kier alpha value is -2.62. The molecule has 0 fully saturated rings. The molecule has 90 valence electrons. The highest BCUT2D eigenvalue weighted by Crippen LogP contribution is 2.18. The molecule has 0 unspecified atom stereocenters. The maximum atomic E-state index is 11.2. The van der Waals surface area contributed by atoms with Crippen LogP contribution in [0.1, 0.15) is 5.56 Å². The van der Waals surface area contributed by atoms with Gasteiger partial charge in [-0.3, -0.25) is 0 Å². The molecule has 0 amide bonds. The second-order valence-electron chi connectivity index (χ2n) is 3.65. The lowest BCUT2D eigenvalue weighted by Gasteiger charge is -2.02. The Kier molecular flexibility index (Phi) is 3.38. The number of carbonyl (C=O) groups is 1. The number of aliphatic carboxylic acids is 1. The predicted molar refractivity (Wildman–Crippen MR) is 68.4 cm³/mol. The van der Waals surface area contributed by atoms with Gasteiger partial charge in [-0.1, -0.05) is 30.3 Å². The first-order valence-electron chi connectivity index (χ1n) is 5.33. The van der Waals surface area contributed by atoms with Crippen molar-refractivity contribution in [1.82, 2.24) is 0 Å². The molecule has 0 aliphatic carbocycles. The van der Waals surface area contributed by atoms with Crippen LogP contribution in [0.4, 0.5) is 5.69 Å². The molecule has 0 radical (unpaired) electrons. The van der Waals surface area contributed by atoms with E-state index in [1.165, 1.54) is 12.1 Å². The number of phenols is 1. The molecule has 4 nitrogen and oxygen atoms in total. The highest BCUT2D eigenvalue weighted by atomic mass is 16.4. The lowest BCUT2D eigenvalue weighted by Crippen LogP contribution is -2.13. The highest BCUT2D eigenvalue weighted by molar-refractivity contribution is 6.43. The standard InChI is InChI=1S/C14H11NO3/c16-12-8-6-11(7-9-12)15-13(14(17)18)10-4-2-1-3-5-10/h1-9,16H,(H,17,18). The van der Waals surface area contributed by atoms with Gasteiger partial charge in [-0.25, -0.2) is 9.79 Å². The predicted octanol–water partition coefficient (Wildman–Crippen LogP) is 2.60. The van der Waals surface area contributed by atoms with Crippen molar-refractivity contribution in [2.75, 3.05) is 0 Å². The number of phenolic OH excluding ortho intramolecular Hbond substituents is 1. The van der Waals surface area contributed by atoms with Crippen LogP contribution in [0.3, 0.4) is 0 Å². The number of carboxylic acid groups (broad SMARTS) is 1. The van der Waals surface area contributed by atoms with Crippen molar-refractivity contribution in [3.63, 3.8) is 0 Å². The van der Waals surface area contributed by atoms with Crippen molar-refractivity contribution in [2.24, 2.45) is 4.99 Å². The third-order valence-electron chi connectivity index (χ3n) is 2.34. The van der Waals surface area contributed by atoms with Crippen molar-refractivity contribution in [3.05, 3.63) is 60.2 Å². The van der Waals surface area contributed by atoms with E-state index in [1.54, 1.807) is 36.4 Å².